The highest BCUT2D eigenvalue weighted by Gasteiger charge is 1.82. The predicted octanol–water partition coefficient (Wildman–Crippen LogP) is -13.7. The molecule has 0 saturated heterocycles. The Morgan fingerprint density at radius 3 is 0.450 bits per heavy atom. The van der Waals surface area contributed by atoms with Gasteiger partial charge in [-0.05, 0) is 0 Å². The Hall–Kier alpha value is -0.158. The summed E-state index contributed by atoms with van der Waals surface area (Å²) < 4.78 is 25.9. The minimum atomic E-state index is -3.64. The summed E-state index contributed by atoms with van der Waals surface area (Å²) in [7, 11) is -3.64. The van der Waals surface area contributed by atoms with Crippen molar-refractivity contribution in [1.82, 2.24) is 0 Å². The molecule has 31 N–H and O–H groups in total. The molecule has 0 aromatic carbocycles. The minimum absolute atomic E-state index is 0. The van der Waals surface area contributed by atoms with Crippen LogP contribution in [0.1, 0.15) is 0 Å². The molecule has 0 atom stereocenters. The van der Waals surface area contributed by atoms with Crippen molar-refractivity contribution in [1.29, 1.82) is 0 Å². The van der Waals surface area contributed by atoms with E-state index in [-0.39, 0.29) is 82.1 Å². The largest absolute Gasteiger partial charge is 0.431 e. The Balaban J connectivity index is -0.000000000762. The van der Waals surface area contributed by atoms with E-state index in [2.05, 4.69) is 0 Å². The fourth-order valence-electron chi connectivity index (χ4n) is 0. The van der Waals surface area contributed by atoms with Gasteiger partial charge in [0.1, 0.15) is 8.48 Å². The maximum Gasteiger partial charge on any atom is 0.431 e. The van der Waals surface area contributed by atoms with Gasteiger partial charge in [0.2, 0.25) is 0 Å². The van der Waals surface area contributed by atoms with Crippen LogP contribution in [-0.4, -0.2) is 110 Å². The highest BCUT2D eigenvalue weighted by atomic mass is 32.4. The van der Waals surface area contributed by atoms with Gasteiger partial charge in [0, 0.05) is 0 Å². The van der Waals surface area contributed by atoms with Crippen molar-refractivity contribution in [3.63, 3.8) is 0 Å². The molecule has 20 heavy (non-hydrogen) atoms. The molecule has 0 fully saturated rings. The van der Waals surface area contributed by atoms with E-state index < -0.39 is 8.48 Å². The van der Waals surface area contributed by atoms with Gasteiger partial charge in [-0.2, -0.15) is 0 Å². The second kappa shape index (κ2) is 176. The van der Waals surface area contributed by atoms with Crippen molar-refractivity contribution in [2.45, 2.75) is 0 Å². The van der Waals surface area contributed by atoms with Crippen LogP contribution < -0.4 is 0 Å². The summed E-state index contributed by atoms with van der Waals surface area (Å²) >= 11 is 0.539. The molecule has 0 aromatic rings. The molecule has 0 aromatic heterocycles. The smallest absolute Gasteiger partial charge is 0.412 e. The van der Waals surface area contributed by atoms with Crippen LogP contribution in [0.2, 0.25) is 0 Å². The second-order valence-electron chi connectivity index (χ2n) is 0.582. The SMILES string of the molecule is O.O.O.O.O.O.O.O.O.O.O.O.O.O.O.O=[S](=O)(O)[AlH]. The molecule has 149 valence electrons. The highest BCUT2D eigenvalue weighted by Crippen LogP contribution is 1.57. The molecule has 0 aliphatic heterocycles. The lowest BCUT2D eigenvalue weighted by Crippen LogP contribution is -1.91. The molecule has 1 radical (unpaired) electrons. The lowest BCUT2D eigenvalue weighted by atomic mass is 15.9. The van der Waals surface area contributed by atoms with Crippen LogP contribution in [0, 0.1) is 0 Å². The van der Waals surface area contributed by atoms with Gasteiger partial charge in [-0.25, -0.2) is 8.42 Å². The van der Waals surface area contributed by atoms with Crippen LogP contribution in [0.3, 0.4) is 0 Å². The highest BCUT2D eigenvalue weighted by molar-refractivity contribution is 8.07. The lowest BCUT2D eigenvalue weighted by Gasteiger charge is -1.71. The zero-order valence-corrected chi connectivity index (χ0v) is 12.1. The molecule has 0 heterocycles. The van der Waals surface area contributed by atoms with E-state index in [1.807, 2.05) is 0 Å². The van der Waals surface area contributed by atoms with Crippen molar-refractivity contribution >= 4 is 23.6 Å². The molecular formula is H32AlO18S. The lowest BCUT2D eigenvalue weighted by molar-refractivity contribution is 0.501. The monoisotopic (exact) mass is 379 g/mol. The summed E-state index contributed by atoms with van der Waals surface area (Å²) in [5.74, 6) is 0. The van der Waals surface area contributed by atoms with Gasteiger partial charge in [-0.15, -0.1) is 0 Å². The molecule has 0 unspecified atom stereocenters. The standard InChI is InChI=1S/Al.HO3S.15H2O.H/c;1-4(2)3;;;;;;;;;;;;;;;;/h;(H,1,2,3);15*1H2;. The zero-order valence-electron chi connectivity index (χ0n) is 9.88. The number of hydrogen-bond acceptors (Lipinski definition) is 2. The van der Waals surface area contributed by atoms with Gasteiger partial charge in [0.15, 0.2) is 0 Å². The zero-order chi connectivity index (χ0) is 4.50. The van der Waals surface area contributed by atoms with Gasteiger partial charge < -0.3 is 86.7 Å². The molecule has 0 aliphatic carbocycles. The Morgan fingerprint density at radius 2 is 0.450 bits per heavy atom. The number of rotatable bonds is 0. The third-order valence-electron chi connectivity index (χ3n) is 0. The Kier molecular flexibility index (Phi) is 4190. The van der Waals surface area contributed by atoms with Crippen molar-refractivity contribution in [3.05, 3.63) is 0 Å². The Morgan fingerprint density at radius 1 is 0.450 bits per heavy atom. The first-order valence-electron chi connectivity index (χ1n) is 0.805. The van der Waals surface area contributed by atoms with E-state index in [9.17, 15) is 8.42 Å². The van der Waals surface area contributed by atoms with Crippen LogP contribution >= 0.6 is 0 Å². The molecule has 0 rings (SSSR count). The van der Waals surface area contributed by atoms with Crippen molar-refractivity contribution in [2.75, 3.05) is 0 Å². The minimum Gasteiger partial charge on any atom is -0.412 e. The van der Waals surface area contributed by atoms with Gasteiger partial charge in [-0.3, -0.25) is 0 Å². The van der Waals surface area contributed by atoms with Crippen LogP contribution in [-0.2, 0) is 8.48 Å². The quantitative estimate of drug-likeness (QED) is 0.316. The topological polar surface area (TPSA) is 527 Å². The fourth-order valence-corrected chi connectivity index (χ4v) is 0. The summed E-state index contributed by atoms with van der Waals surface area (Å²) in [5.41, 5.74) is 0. The molecule has 0 bridgehead atoms. The summed E-state index contributed by atoms with van der Waals surface area (Å²) in [5, 5.41) is 0. The van der Waals surface area contributed by atoms with E-state index in [4.69, 9.17) is 4.55 Å². The molecule has 0 saturated carbocycles. The second-order valence-corrected chi connectivity index (χ2v) is 3.93. The third-order valence-corrected chi connectivity index (χ3v) is 0. The molecule has 0 aliphatic rings. The summed E-state index contributed by atoms with van der Waals surface area (Å²) in [4.78, 5) is 0. The molecule has 20 heteroatoms. The first kappa shape index (κ1) is 477. The van der Waals surface area contributed by atoms with Gasteiger partial charge >= 0.3 is 15.2 Å². The maximum absolute atomic E-state index is 9.20. The van der Waals surface area contributed by atoms with Crippen LogP contribution in [0.25, 0.3) is 0 Å². The van der Waals surface area contributed by atoms with E-state index >= 15 is 0 Å². The van der Waals surface area contributed by atoms with Crippen LogP contribution in [0.5, 0.6) is 0 Å². The summed E-state index contributed by atoms with van der Waals surface area (Å²) in [6.07, 6.45) is 0. The average molecular weight is 379 g/mol. The molecular weight excluding hydrogens is 347 g/mol. The number of hydrogen-bond donors (Lipinski definition) is 1. The van der Waals surface area contributed by atoms with E-state index in [0.717, 1.165) is 0 Å². The van der Waals surface area contributed by atoms with Crippen molar-refractivity contribution < 1.29 is 95.1 Å². The fraction of sp³-hybridized carbons (Fsp3) is 0. The average Bonchev–Trinajstić information content (AvgIpc) is 0.722. The molecule has 0 spiro atoms. The van der Waals surface area contributed by atoms with Crippen molar-refractivity contribution in [2.24, 2.45) is 0 Å². The van der Waals surface area contributed by atoms with Gasteiger partial charge in [0.25, 0.3) is 0 Å². The van der Waals surface area contributed by atoms with Crippen LogP contribution in [0.4, 0.5) is 0 Å². The van der Waals surface area contributed by atoms with E-state index in [1.54, 1.807) is 0 Å². The Bertz CT molecular complexity index is 94.6. The van der Waals surface area contributed by atoms with Crippen LogP contribution in [0.15, 0.2) is 0 Å². The predicted molar refractivity (Wildman–Crippen MR) is 72.9 cm³/mol. The first-order valence-corrected chi connectivity index (χ1v) is 4.15. The molecule has 0 amide bonds. The summed E-state index contributed by atoms with van der Waals surface area (Å²) in [6, 6.07) is 0. The van der Waals surface area contributed by atoms with Gasteiger partial charge in [-0.1, -0.05) is 0 Å². The Labute approximate surface area is 119 Å². The first-order chi connectivity index (χ1) is 2.00. The van der Waals surface area contributed by atoms with Gasteiger partial charge in [0.05, 0.1) is 0 Å². The normalized spacial score (nSPS) is 2.85. The molecule has 18 nitrogen and oxygen atoms in total. The van der Waals surface area contributed by atoms with E-state index in [1.165, 1.54) is 0 Å². The maximum atomic E-state index is 9.20. The van der Waals surface area contributed by atoms with E-state index in [0.29, 0.717) is 15.2 Å². The third kappa shape index (κ3) is 204000. The van der Waals surface area contributed by atoms with Crippen molar-refractivity contribution in [3.8, 4) is 0 Å². The summed E-state index contributed by atoms with van der Waals surface area (Å²) in [6.45, 7) is 0.